The van der Waals surface area contributed by atoms with Gasteiger partial charge in [0, 0.05) is 16.5 Å². The van der Waals surface area contributed by atoms with Crippen LogP contribution in [0.1, 0.15) is 109 Å². The molecule has 37 heavy (non-hydrogen) atoms. The first kappa shape index (κ1) is 29.0. The Balaban J connectivity index is 1.41. The van der Waals surface area contributed by atoms with Crippen molar-refractivity contribution < 1.29 is 15.3 Å². The lowest BCUT2D eigenvalue weighted by Crippen LogP contribution is -2.37. The number of rotatable bonds is 9. The summed E-state index contributed by atoms with van der Waals surface area (Å²) in [6.07, 6.45) is 15.4. The van der Waals surface area contributed by atoms with E-state index in [0.717, 1.165) is 29.5 Å². The largest absolute Gasteiger partial charge is 0.395 e. The molecule has 0 spiro atoms. The van der Waals surface area contributed by atoms with Gasteiger partial charge in [0.15, 0.2) is 0 Å². The molecule has 0 bridgehead atoms. The van der Waals surface area contributed by atoms with Crippen molar-refractivity contribution in [3.8, 4) is 0 Å². The molecule has 4 rings (SSSR count). The van der Waals surface area contributed by atoms with Gasteiger partial charge in [0.25, 0.3) is 0 Å². The van der Waals surface area contributed by atoms with E-state index in [1.165, 1.54) is 44.1 Å². The molecule has 0 aliphatic heterocycles. The summed E-state index contributed by atoms with van der Waals surface area (Å²) in [4.78, 5) is 4.80. The van der Waals surface area contributed by atoms with Crippen LogP contribution in [0.5, 0.6) is 0 Å². The maximum Gasteiger partial charge on any atom is 0.102 e. The number of thiazole rings is 1. The molecule has 3 aliphatic rings. The third-order valence-corrected chi connectivity index (χ3v) is 11.7. The van der Waals surface area contributed by atoms with Crippen LogP contribution in [0, 0.1) is 36.0 Å². The van der Waals surface area contributed by atoms with Gasteiger partial charge in [-0.05, 0) is 93.8 Å². The average molecular weight is 530 g/mol. The second-order valence-electron chi connectivity index (χ2n) is 13.2. The summed E-state index contributed by atoms with van der Waals surface area (Å²) in [7, 11) is 0. The zero-order valence-electron chi connectivity index (χ0n) is 23.9. The third kappa shape index (κ3) is 6.10. The van der Waals surface area contributed by atoms with Gasteiger partial charge >= 0.3 is 0 Å². The Morgan fingerprint density at radius 2 is 1.89 bits per heavy atom. The van der Waals surface area contributed by atoms with Crippen LogP contribution in [0.25, 0.3) is 0 Å². The van der Waals surface area contributed by atoms with Crippen molar-refractivity contribution in [3.63, 3.8) is 0 Å². The number of hydrogen-bond acceptors (Lipinski definition) is 5. The molecule has 5 heteroatoms. The Hall–Kier alpha value is -1.01. The highest BCUT2D eigenvalue weighted by Gasteiger charge is 2.50. The van der Waals surface area contributed by atoms with Gasteiger partial charge in [-0.1, -0.05) is 63.8 Å². The van der Waals surface area contributed by atoms with Crippen LogP contribution in [0.2, 0.25) is 0 Å². The van der Waals surface area contributed by atoms with E-state index < -0.39 is 12.2 Å². The zero-order valence-corrected chi connectivity index (χ0v) is 24.7. The van der Waals surface area contributed by atoms with Crippen molar-refractivity contribution in [1.82, 2.24) is 4.98 Å². The number of aliphatic hydroxyl groups excluding tert-OH is 3. The number of aryl methyl sites for hydroxylation is 1. The third-order valence-electron chi connectivity index (χ3n) is 10.5. The molecule has 0 amide bonds. The van der Waals surface area contributed by atoms with Crippen LogP contribution in [-0.2, 0) is 5.41 Å². The number of hydrogen-bond donors (Lipinski definition) is 3. The van der Waals surface area contributed by atoms with Crippen LogP contribution >= 0.6 is 11.3 Å². The molecule has 3 aliphatic carbocycles. The van der Waals surface area contributed by atoms with Gasteiger partial charge < -0.3 is 15.3 Å². The summed E-state index contributed by atoms with van der Waals surface area (Å²) in [6.45, 7) is 11.7. The van der Waals surface area contributed by atoms with E-state index in [4.69, 9.17) is 4.98 Å². The molecular formula is C32H51NO3S. The molecule has 1 heterocycles. The summed E-state index contributed by atoms with van der Waals surface area (Å²) < 4.78 is 0. The van der Waals surface area contributed by atoms with Crippen molar-refractivity contribution in [2.24, 2.45) is 29.1 Å². The molecular weight excluding hydrogens is 478 g/mol. The lowest BCUT2D eigenvalue weighted by Gasteiger charge is -2.44. The predicted molar refractivity (Wildman–Crippen MR) is 154 cm³/mol. The quantitative estimate of drug-likeness (QED) is 0.318. The Kier molecular flexibility index (Phi) is 9.42. The van der Waals surface area contributed by atoms with Gasteiger partial charge in [-0.25, -0.2) is 4.98 Å². The summed E-state index contributed by atoms with van der Waals surface area (Å²) in [5, 5.41) is 33.9. The van der Waals surface area contributed by atoms with Crippen molar-refractivity contribution in [2.75, 3.05) is 6.61 Å². The minimum atomic E-state index is -0.401. The standard InChI is InChI=1S/C32H51NO3S/c1-21(2)32(20-34,30-33-23(4)19-37-30)15-6-8-22(3)28-12-13-29-25(9-7-14-31(28,29)5)11-10-24-16-26(35)18-27(36)17-24/h10-11,19,21-22,26-29,34-36H,6-9,12-18,20H2,1-5H3/b24-10?,25-11-/t22?,26-,27+,28-,29?,31-,32+/m1/s1. The van der Waals surface area contributed by atoms with E-state index in [2.05, 4.69) is 45.2 Å². The lowest BCUT2D eigenvalue weighted by molar-refractivity contribution is 0.0609. The molecule has 4 nitrogen and oxygen atoms in total. The van der Waals surface area contributed by atoms with E-state index in [-0.39, 0.29) is 12.0 Å². The highest BCUT2D eigenvalue weighted by molar-refractivity contribution is 7.09. The molecule has 1 aromatic heterocycles. The topological polar surface area (TPSA) is 73.6 Å². The van der Waals surface area contributed by atoms with Gasteiger partial charge in [-0.2, -0.15) is 0 Å². The maximum absolute atomic E-state index is 10.5. The number of nitrogens with zero attached hydrogens (tertiary/aromatic N) is 1. The fourth-order valence-corrected chi connectivity index (χ4v) is 9.41. The van der Waals surface area contributed by atoms with Gasteiger partial charge in [-0.3, -0.25) is 0 Å². The molecule has 3 fully saturated rings. The lowest BCUT2D eigenvalue weighted by atomic mass is 9.60. The second kappa shape index (κ2) is 12.0. The van der Waals surface area contributed by atoms with Crippen molar-refractivity contribution in [3.05, 3.63) is 39.4 Å². The maximum atomic E-state index is 10.5. The Bertz CT molecular complexity index is 955. The molecule has 0 radical (unpaired) electrons. The number of aromatic nitrogens is 1. The second-order valence-corrected chi connectivity index (χ2v) is 14.1. The normalized spacial score (nSPS) is 35.2. The first-order chi connectivity index (χ1) is 17.6. The summed E-state index contributed by atoms with van der Waals surface area (Å²) >= 11 is 1.71. The Morgan fingerprint density at radius 3 is 2.51 bits per heavy atom. The SMILES string of the molecule is Cc1csc([C@](CO)(CCCC(C)[C@H]2CCC3/C(=C\C=C4C[C@@H](O)C[C@@H](O)C4)CCC[C@@]32C)C(C)C)n1. The van der Waals surface area contributed by atoms with E-state index in [1.807, 2.05) is 6.92 Å². The van der Waals surface area contributed by atoms with E-state index in [1.54, 1.807) is 16.9 Å². The minimum Gasteiger partial charge on any atom is -0.395 e. The fourth-order valence-electron chi connectivity index (χ4n) is 8.24. The van der Waals surface area contributed by atoms with Crippen LogP contribution in [0.4, 0.5) is 0 Å². The number of allylic oxidation sites excluding steroid dienone is 3. The highest BCUT2D eigenvalue weighted by atomic mass is 32.1. The molecule has 0 aromatic carbocycles. The van der Waals surface area contributed by atoms with Crippen LogP contribution in [0.15, 0.2) is 28.7 Å². The fraction of sp³-hybridized carbons (Fsp3) is 0.781. The van der Waals surface area contributed by atoms with E-state index >= 15 is 0 Å². The van der Waals surface area contributed by atoms with Crippen LogP contribution in [0.3, 0.4) is 0 Å². The summed E-state index contributed by atoms with van der Waals surface area (Å²) in [6, 6.07) is 0. The van der Waals surface area contributed by atoms with Gasteiger partial charge in [0.05, 0.1) is 18.8 Å². The molecule has 2 unspecified atom stereocenters. The van der Waals surface area contributed by atoms with Gasteiger partial charge in [-0.15, -0.1) is 11.3 Å². The number of fused-ring (bicyclic) bond motifs is 1. The predicted octanol–water partition coefficient (Wildman–Crippen LogP) is 7.12. The number of aliphatic hydroxyl groups is 3. The smallest absolute Gasteiger partial charge is 0.102 e. The summed E-state index contributed by atoms with van der Waals surface area (Å²) in [5.74, 6) is 2.45. The molecule has 3 N–H and O–H groups in total. The van der Waals surface area contributed by atoms with Crippen molar-refractivity contribution in [1.29, 1.82) is 0 Å². The van der Waals surface area contributed by atoms with Crippen molar-refractivity contribution >= 4 is 11.3 Å². The Morgan fingerprint density at radius 1 is 1.16 bits per heavy atom. The molecule has 7 atom stereocenters. The highest BCUT2D eigenvalue weighted by Crippen LogP contribution is 2.60. The molecule has 1 aromatic rings. The zero-order chi connectivity index (χ0) is 26.8. The van der Waals surface area contributed by atoms with E-state index in [0.29, 0.717) is 42.4 Å². The average Bonchev–Trinajstić information content (AvgIpc) is 3.43. The minimum absolute atomic E-state index is 0.174. The summed E-state index contributed by atoms with van der Waals surface area (Å²) in [5.41, 5.74) is 4.00. The van der Waals surface area contributed by atoms with E-state index in [9.17, 15) is 15.3 Å². The first-order valence-electron chi connectivity index (χ1n) is 14.9. The molecule has 3 saturated carbocycles. The Labute approximate surface area is 229 Å². The van der Waals surface area contributed by atoms with Crippen LogP contribution in [-0.4, -0.2) is 39.1 Å². The van der Waals surface area contributed by atoms with Crippen molar-refractivity contribution in [2.45, 2.75) is 123 Å². The van der Waals surface area contributed by atoms with Gasteiger partial charge in [0.2, 0.25) is 0 Å². The van der Waals surface area contributed by atoms with Crippen LogP contribution < -0.4 is 0 Å². The van der Waals surface area contributed by atoms with Gasteiger partial charge in [0.1, 0.15) is 5.01 Å². The molecule has 0 saturated heterocycles. The molecule has 208 valence electrons. The monoisotopic (exact) mass is 529 g/mol. The first-order valence-corrected chi connectivity index (χ1v) is 15.7.